The summed E-state index contributed by atoms with van der Waals surface area (Å²) < 4.78 is 6.87. The Morgan fingerprint density at radius 2 is 1.19 bits per heavy atom. The summed E-state index contributed by atoms with van der Waals surface area (Å²) in [6, 6.07) is 31.8. The van der Waals surface area contributed by atoms with Crippen LogP contribution >= 0.6 is 0 Å². The minimum atomic E-state index is -0.517. The predicted octanol–water partition coefficient (Wildman–Crippen LogP) is 5.27. The van der Waals surface area contributed by atoms with E-state index in [4.69, 9.17) is 4.74 Å². The third kappa shape index (κ3) is 2.86. The van der Waals surface area contributed by atoms with E-state index >= 15 is 0 Å². The van der Waals surface area contributed by atoms with Crippen LogP contribution in [0.1, 0.15) is 36.8 Å². The van der Waals surface area contributed by atoms with Crippen molar-refractivity contribution in [2.75, 3.05) is 0 Å². The molecule has 3 aromatic rings. The minimum Gasteiger partial charge on any atom is -0.341 e. The van der Waals surface area contributed by atoms with Crippen LogP contribution < -0.4 is 5.32 Å². The quantitative estimate of drug-likeness (QED) is 0.696. The van der Waals surface area contributed by atoms with Gasteiger partial charge in [-0.05, 0) is 22.6 Å². The molecule has 26 heavy (non-hydrogen) atoms. The van der Waals surface area contributed by atoms with Crippen LogP contribution in [0.2, 0.25) is 0 Å². The van der Waals surface area contributed by atoms with Gasteiger partial charge in [-0.25, -0.2) is 0 Å². The Kier molecular flexibility index (Phi) is 4.62. The molecule has 4 rings (SSSR count). The lowest BCUT2D eigenvalue weighted by atomic mass is 9.76. The van der Waals surface area contributed by atoms with Gasteiger partial charge in [-0.2, -0.15) is 0 Å². The summed E-state index contributed by atoms with van der Waals surface area (Å²) in [7, 11) is 0. The van der Waals surface area contributed by atoms with E-state index in [1.807, 2.05) is 6.07 Å². The smallest absolute Gasteiger partial charge is 0.136 e. The van der Waals surface area contributed by atoms with E-state index in [0.717, 1.165) is 5.56 Å². The fourth-order valence-corrected chi connectivity index (χ4v) is 4.06. The van der Waals surface area contributed by atoms with E-state index in [1.165, 1.54) is 11.1 Å². The van der Waals surface area contributed by atoms with E-state index in [1.54, 1.807) is 0 Å². The van der Waals surface area contributed by atoms with Crippen molar-refractivity contribution in [3.05, 3.63) is 108 Å². The third-order valence-corrected chi connectivity index (χ3v) is 5.25. The summed E-state index contributed by atoms with van der Waals surface area (Å²) in [4.78, 5) is 0. The average molecular weight is 343 g/mol. The summed E-state index contributed by atoms with van der Waals surface area (Å²) in [5.74, 6) is 0.407. The van der Waals surface area contributed by atoms with Crippen molar-refractivity contribution in [2.24, 2.45) is 5.92 Å². The third-order valence-electron chi connectivity index (χ3n) is 5.25. The number of rotatable bonds is 4. The molecule has 0 radical (unpaired) electrons. The van der Waals surface area contributed by atoms with Crippen LogP contribution in [-0.4, -0.2) is 6.04 Å². The van der Waals surface area contributed by atoms with Crippen molar-refractivity contribution in [3.8, 4) is 0 Å². The maximum atomic E-state index is 6.87. The SMILES string of the molecule is CC(C)C1NC(c2ccccc2)OC1(c1ccccc1)c1ccccc1. The van der Waals surface area contributed by atoms with Gasteiger partial charge < -0.3 is 4.74 Å². The van der Waals surface area contributed by atoms with E-state index in [9.17, 15) is 0 Å². The Labute approximate surface area is 155 Å². The molecule has 0 spiro atoms. The van der Waals surface area contributed by atoms with Gasteiger partial charge in [-0.1, -0.05) is 105 Å². The van der Waals surface area contributed by atoms with Gasteiger partial charge in [-0.3, -0.25) is 5.32 Å². The van der Waals surface area contributed by atoms with Gasteiger partial charge in [-0.15, -0.1) is 0 Å². The Morgan fingerprint density at radius 3 is 1.65 bits per heavy atom. The van der Waals surface area contributed by atoms with Crippen molar-refractivity contribution < 1.29 is 4.74 Å². The maximum absolute atomic E-state index is 6.87. The number of hydrogen-bond donors (Lipinski definition) is 1. The van der Waals surface area contributed by atoms with E-state index < -0.39 is 5.60 Å². The molecule has 3 aromatic carbocycles. The summed E-state index contributed by atoms with van der Waals surface area (Å²) in [5.41, 5.74) is 3.02. The second-order valence-corrected chi connectivity index (χ2v) is 7.26. The molecular weight excluding hydrogens is 318 g/mol. The first-order valence-corrected chi connectivity index (χ1v) is 9.31. The number of nitrogens with one attached hydrogen (secondary N) is 1. The van der Waals surface area contributed by atoms with Crippen LogP contribution in [-0.2, 0) is 10.3 Å². The fraction of sp³-hybridized carbons (Fsp3) is 0.250. The lowest BCUT2D eigenvalue weighted by Gasteiger charge is -2.37. The highest BCUT2D eigenvalue weighted by Gasteiger charge is 2.52. The monoisotopic (exact) mass is 343 g/mol. The highest BCUT2D eigenvalue weighted by atomic mass is 16.5. The zero-order valence-corrected chi connectivity index (χ0v) is 15.3. The summed E-state index contributed by atoms with van der Waals surface area (Å²) in [5, 5.41) is 3.77. The Morgan fingerprint density at radius 1 is 0.731 bits per heavy atom. The van der Waals surface area contributed by atoms with Crippen LogP contribution in [0.4, 0.5) is 0 Å². The van der Waals surface area contributed by atoms with E-state index in [2.05, 4.69) is 104 Å². The molecule has 1 N–H and O–H groups in total. The molecule has 2 heteroatoms. The minimum absolute atomic E-state index is 0.135. The number of benzene rings is 3. The van der Waals surface area contributed by atoms with Crippen LogP contribution in [0.5, 0.6) is 0 Å². The summed E-state index contributed by atoms with van der Waals surface area (Å²) in [6.45, 7) is 4.52. The molecule has 1 aliphatic rings. The molecule has 0 aliphatic carbocycles. The van der Waals surface area contributed by atoms with Gasteiger partial charge >= 0.3 is 0 Å². The Bertz CT molecular complexity index is 790. The lowest BCUT2D eigenvalue weighted by molar-refractivity contribution is -0.0298. The van der Waals surface area contributed by atoms with Crippen LogP contribution in [0, 0.1) is 5.92 Å². The van der Waals surface area contributed by atoms with Gasteiger partial charge in [0, 0.05) is 6.04 Å². The van der Waals surface area contributed by atoms with Crippen molar-refractivity contribution in [1.82, 2.24) is 5.32 Å². The molecule has 132 valence electrons. The fourth-order valence-electron chi connectivity index (χ4n) is 4.06. The molecule has 1 saturated heterocycles. The number of ether oxygens (including phenoxy) is 1. The highest BCUT2D eigenvalue weighted by molar-refractivity contribution is 5.41. The normalized spacial score (nSPS) is 21.8. The molecule has 2 atom stereocenters. The molecule has 0 amide bonds. The molecule has 0 saturated carbocycles. The molecule has 0 aromatic heterocycles. The molecule has 1 aliphatic heterocycles. The van der Waals surface area contributed by atoms with Crippen LogP contribution in [0.15, 0.2) is 91.0 Å². The largest absolute Gasteiger partial charge is 0.341 e. The molecule has 2 unspecified atom stereocenters. The average Bonchev–Trinajstić information content (AvgIpc) is 3.12. The highest BCUT2D eigenvalue weighted by Crippen LogP contribution is 2.47. The first-order valence-electron chi connectivity index (χ1n) is 9.31. The zero-order valence-electron chi connectivity index (χ0n) is 15.3. The van der Waals surface area contributed by atoms with Gasteiger partial charge in [0.15, 0.2) is 0 Å². The van der Waals surface area contributed by atoms with E-state index in [-0.39, 0.29) is 12.3 Å². The van der Waals surface area contributed by atoms with Crippen molar-refractivity contribution in [2.45, 2.75) is 31.7 Å². The molecular formula is C24H25NO. The summed E-state index contributed by atoms with van der Waals surface area (Å²) >= 11 is 0. The predicted molar refractivity (Wildman–Crippen MR) is 106 cm³/mol. The lowest BCUT2D eigenvalue weighted by Crippen LogP contribution is -2.45. The van der Waals surface area contributed by atoms with Gasteiger partial charge in [0.2, 0.25) is 0 Å². The van der Waals surface area contributed by atoms with Crippen molar-refractivity contribution in [3.63, 3.8) is 0 Å². The van der Waals surface area contributed by atoms with Gasteiger partial charge in [0.25, 0.3) is 0 Å². The standard InChI is InChI=1S/C24H25NO/c1-18(2)22-24(20-14-8-4-9-15-20,21-16-10-5-11-17-21)26-23(25-22)19-12-6-3-7-13-19/h3-18,22-23,25H,1-2H3. The van der Waals surface area contributed by atoms with Crippen LogP contribution in [0.25, 0.3) is 0 Å². The number of hydrogen-bond acceptors (Lipinski definition) is 2. The Hall–Kier alpha value is -2.42. The zero-order chi connectivity index (χ0) is 18.0. The first kappa shape index (κ1) is 17.0. The second kappa shape index (κ2) is 7.06. The van der Waals surface area contributed by atoms with Crippen molar-refractivity contribution in [1.29, 1.82) is 0 Å². The molecule has 0 bridgehead atoms. The molecule has 1 fully saturated rings. The summed E-state index contributed by atoms with van der Waals surface area (Å²) in [6.07, 6.45) is -0.135. The van der Waals surface area contributed by atoms with Gasteiger partial charge in [0.1, 0.15) is 11.8 Å². The topological polar surface area (TPSA) is 21.3 Å². The van der Waals surface area contributed by atoms with E-state index in [0.29, 0.717) is 5.92 Å². The Balaban J connectivity index is 1.88. The molecule has 1 heterocycles. The second-order valence-electron chi connectivity index (χ2n) is 7.26. The van der Waals surface area contributed by atoms with Crippen molar-refractivity contribution >= 4 is 0 Å². The molecule has 2 nitrogen and oxygen atoms in total. The maximum Gasteiger partial charge on any atom is 0.136 e. The van der Waals surface area contributed by atoms with Crippen LogP contribution in [0.3, 0.4) is 0 Å². The first-order chi connectivity index (χ1) is 12.7. The van der Waals surface area contributed by atoms with Gasteiger partial charge in [0.05, 0.1) is 0 Å².